The van der Waals surface area contributed by atoms with Gasteiger partial charge in [-0.15, -0.1) is 11.6 Å². The van der Waals surface area contributed by atoms with E-state index in [4.69, 9.17) is 11.6 Å². The van der Waals surface area contributed by atoms with E-state index in [1.807, 2.05) is 29.2 Å². The zero-order valence-electron chi connectivity index (χ0n) is 11.0. The molecule has 0 aliphatic heterocycles. The van der Waals surface area contributed by atoms with Crippen molar-refractivity contribution in [1.29, 1.82) is 0 Å². The van der Waals surface area contributed by atoms with Crippen LogP contribution in [0.25, 0.3) is 0 Å². The molecule has 1 aliphatic rings. The fraction of sp³-hybridized carbons (Fsp3) is 0.533. The number of nitrogens with zero attached hydrogens (tertiary/aromatic N) is 1. The number of benzene rings is 1. The molecule has 1 aromatic rings. The first kappa shape index (κ1) is 13.4. The van der Waals surface area contributed by atoms with Crippen molar-refractivity contribution in [2.24, 2.45) is 5.92 Å². The van der Waals surface area contributed by atoms with Crippen molar-refractivity contribution in [3.63, 3.8) is 0 Å². The van der Waals surface area contributed by atoms with Gasteiger partial charge in [0.25, 0.3) is 5.91 Å². The Morgan fingerprint density at radius 3 is 2.39 bits per heavy atom. The minimum Gasteiger partial charge on any atom is -0.335 e. The van der Waals surface area contributed by atoms with Crippen LogP contribution in [0.1, 0.15) is 42.6 Å². The second-order valence-corrected chi connectivity index (χ2v) is 5.68. The summed E-state index contributed by atoms with van der Waals surface area (Å²) in [6, 6.07) is 8.10. The minimum atomic E-state index is 0.160. The summed E-state index contributed by atoms with van der Waals surface area (Å²) in [7, 11) is 0. The van der Waals surface area contributed by atoms with Crippen molar-refractivity contribution < 1.29 is 4.79 Å². The number of hydrogen-bond donors (Lipinski definition) is 0. The van der Waals surface area contributed by atoms with Gasteiger partial charge in [0, 0.05) is 24.0 Å². The van der Waals surface area contributed by atoms with Crippen LogP contribution in [0.2, 0.25) is 0 Å². The van der Waals surface area contributed by atoms with E-state index in [-0.39, 0.29) is 5.91 Å². The van der Waals surface area contributed by atoms with Gasteiger partial charge < -0.3 is 4.90 Å². The molecule has 0 heterocycles. The largest absolute Gasteiger partial charge is 0.335 e. The number of halogens is 1. The second-order valence-electron chi connectivity index (χ2n) is 5.41. The fourth-order valence-electron chi connectivity index (χ4n) is 2.08. The van der Waals surface area contributed by atoms with E-state index in [1.165, 1.54) is 0 Å². The molecule has 18 heavy (non-hydrogen) atoms. The number of carbonyl (C=O) groups excluding carboxylic acids is 1. The van der Waals surface area contributed by atoms with Gasteiger partial charge in [-0.25, -0.2) is 0 Å². The molecule has 0 N–H and O–H groups in total. The van der Waals surface area contributed by atoms with Crippen LogP contribution in [0.5, 0.6) is 0 Å². The highest BCUT2D eigenvalue weighted by Gasteiger charge is 2.33. The number of amides is 1. The lowest BCUT2D eigenvalue weighted by molar-refractivity contribution is 0.0722. The molecule has 1 aliphatic carbocycles. The van der Waals surface area contributed by atoms with Crippen LogP contribution in [-0.4, -0.2) is 23.4 Å². The highest BCUT2D eigenvalue weighted by atomic mass is 35.5. The van der Waals surface area contributed by atoms with E-state index in [0.717, 1.165) is 30.5 Å². The molecule has 0 unspecified atom stereocenters. The maximum absolute atomic E-state index is 12.5. The third-order valence-electron chi connectivity index (χ3n) is 3.17. The Morgan fingerprint density at radius 1 is 1.33 bits per heavy atom. The average Bonchev–Trinajstić information content (AvgIpc) is 3.19. The highest BCUT2D eigenvalue weighted by molar-refractivity contribution is 6.17. The van der Waals surface area contributed by atoms with Gasteiger partial charge >= 0.3 is 0 Å². The molecule has 2 nitrogen and oxygen atoms in total. The van der Waals surface area contributed by atoms with Crippen molar-refractivity contribution >= 4 is 17.5 Å². The quantitative estimate of drug-likeness (QED) is 0.744. The SMILES string of the molecule is CC(C)CN(C(=O)c1ccc(CCl)cc1)C1CC1. The van der Waals surface area contributed by atoms with Gasteiger partial charge in [0.2, 0.25) is 0 Å². The summed E-state index contributed by atoms with van der Waals surface area (Å²) >= 11 is 5.76. The number of hydrogen-bond acceptors (Lipinski definition) is 1. The van der Waals surface area contributed by atoms with Crippen molar-refractivity contribution in [2.45, 2.75) is 38.6 Å². The predicted molar refractivity (Wildman–Crippen MR) is 74.9 cm³/mol. The Morgan fingerprint density at radius 2 is 1.94 bits per heavy atom. The van der Waals surface area contributed by atoms with Crippen molar-refractivity contribution in [2.75, 3.05) is 6.54 Å². The Hall–Kier alpha value is -1.02. The third kappa shape index (κ3) is 3.26. The Kier molecular flexibility index (Phi) is 4.28. The average molecular weight is 266 g/mol. The Balaban J connectivity index is 2.11. The lowest BCUT2D eigenvalue weighted by Crippen LogP contribution is -2.36. The van der Waals surface area contributed by atoms with Gasteiger partial charge in [-0.05, 0) is 36.5 Å². The summed E-state index contributed by atoms with van der Waals surface area (Å²) in [6.07, 6.45) is 2.30. The number of carbonyl (C=O) groups is 1. The molecule has 1 saturated carbocycles. The molecule has 2 rings (SSSR count). The molecule has 1 aromatic carbocycles. The lowest BCUT2D eigenvalue weighted by Gasteiger charge is -2.24. The fourth-order valence-corrected chi connectivity index (χ4v) is 2.26. The zero-order chi connectivity index (χ0) is 13.1. The smallest absolute Gasteiger partial charge is 0.254 e. The molecule has 98 valence electrons. The van der Waals surface area contributed by atoms with Gasteiger partial charge in [-0.2, -0.15) is 0 Å². The molecule has 0 bridgehead atoms. The Bertz CT molecular complexity index is 409. The molecule has 0 spiro atoms. The van der Waals surface area contributed by atoms with Crippen LogP contribution in [0, 0.1) is 5.92 Å². The van der Waals surface area contributed by atoms with Gasteiger partial charge in [0.1, 0.15) is 0 Å². The summed E-state index contributed by atoms with van der Waals surface area (Å²) in [5, 5.41) is 0. The van der Waals surface area contributed by atoms with Crippen LogP contribution in [0.4, 0.5) is 0 Å². The van der Waals surface area contributed by atoms with Gasteiger partial charge in [0.05, 0.1) is 0 Å². The maximum Gasteiger partial charge on any atom is 0.254 e. The van der Waals surface area contributed by atoms with Gasteiger partial charge in [0.15, 0.2) is 0 Å². The maximum atomic E-state index is 12.5. The van der Waals surface area contributed by atoms with Gasteiger partial charge in [-0.3, -0.25) is 4.79 Å². The van der Waals surface area contributed by atoms with Crippen LogP contribution >= 0.6 is 11.6 Å². The topological polar surface area (TPSA) is 20.3 Å². The number of rotatable bonds is 5. The summed E-state index contributed by atoms with van der Waals surface area (Å²) in [4.78, 5) is 14.5. The molecule has 3 heteroatoms. The van der Waals surface area contributed by atoms with E-state index in [9.17, 15) is 4.79 Å². The third-order valence-corrected chi connectivity index (χ3v) is 3.47. The minimum absolute atomic E-state index is 0.160. The van der Waals surface area contributed by atoms with Crippen molar-refractivity contribution in [3.8, 4) is 0 Å². The highest BCUT2D eigenvalue weighted by Crippen LogP contribution is 2.29. The van der Waals surface area contributed by atoms with Crippen LogP contribution in [0.3, 0.4) is 0 Å². The predicted octanol–water partition coefficient (Wildman–Crippen LogP) is 3.69. The van der Waals surface area contributed by atoms with E-state index in [1.54, 1.807) is 0 Å². The molecule has 0 radical (unpaired) electrons. The van der Waals surface area contributed by atoms with E-state index in [0.29, 0.717) is 17.8 Å². The van der Waals surface area contributed by atoms with Crippen molar-refractivity contribution in [3.05, 3.63) is 35.4 Å². The normalized spacial score (nSPS) is 14.9. The first-order chi connectivity index (χ1) is 8.61. The van der Waals surface area contributed by atoms with Gasteiger partial charge in [-0.1, -0.05) is 26.0 Å². The zero-order valence-corrected chi connectivity index (χ0v) is 11.8. The molecule has 0 saturated heterocycles. The standard InChI is InChI=1S/C15H20ClNO/c1-11(2)10-17(14-7-8-14)15(18)13-5-3-12(9-16)4-6-13/h3-6,11,14H,7-10H2,1-2H3. The van der Waals surface area contributed by atoms with Crippen LogP contribution in [0.15, 0.2) is 24.3 Å². The molecule has 1 amide bonds. The molecular formula is C15H20ClNO. The lowest BCUT2D eigenvalue weighted by atomic mass is 10.1. The summed E-state index contributed by atoms with van der Waals surface area (Å²) in [5.74, 6) is 1.16. The first-order valence-electron chi connectivity index (χ1n) is 6.57. The molecular weight excluding hydrogens is 246 g/mol. The number of alkyl halides is 1. The summed E-state index contributed by atoms with van der Waals surface area (Å²) < 4.78 is 0. The van der Waals surface area contributed by atoms with Crippen molar-refractivity contribution in [1.82, 2.24) is 4.90 Å². The van der Waals surface area contributed by atoms with Crippen LogP contribution in [-0.2, 0) is 5.88 Å². The van der Waals surface area contributed by atoms with Crippen LogP contribution < -0.4 is 0 Å². The Labute approximate surface area is 114 Å². The van der Waals surface area contributed by atoms with E-state index in [2.05, 4.69) is 13.8 Å². The van der Waals surface area contributed by atoms with E-state index >= 15 is 0 Å². The monoisotopic (exact) mass is 265 g/mol. The molecule has 0 atom stereocenters. The summed E-state index contributed by atoms with van der Waals surface area (Å²) in [5.41, 5.74) is 1.83. The molecule has 1 fully saturated rings. The van der Waals surface area contributed by atoms with E-state index < -0.39 is 0 Å². The molecule has 0 aromatic heterocycles. The second kappa shape index (κ2) is 5.75. The first-order valence-corrected chi connectivity index (χ1v) is 7.11. The summed E-state index contributed by atoms with van der Waals surface area (Å²) in [6.45, 7) is 5.15.